The Labute approximate surface area is 137 Å². The predicted molar refractivity (Wildman–Crippen MR) is 82.7 cm³/mol. The average Bonchev–Trinajstić information content (AvgIpc) is 3.10. The highest BCUT2D eigenvalue weighted by Gasteiger charge is 2.20. The molecule has 126 valence electrons. The van der Waals surface area contributed by atoms with Gasteiger partial charge >= 0.3 is 5.97 Å². The number of carbonyl (C=O) groups excluding carboxylic acids is 3. The van der Waals surface area contributed by atoms with Crippen molar-refractivity contribution in [3.63, 3.8) is 0 Å². The van der Waals surface area contributed by atoms with Crippen LogP contribution in [0.3, 0.4) is 0 Å². The molecule has 0 saturated heterocycles. The van der Waals surface area contributed by atoms with E-state index in [-0.39, 0.29) is 12.1 Å². The van der Waals surface area contributed by atoms with Gasteiger partial charge in [-0.05, 0) is 11.4 Å². The molecule has 0 spiro atoms. The van der Waals surface area contributed by atoms with E-state index in [9.17, 15) is 14.4 Å². The average molecular weight is 342 g/mol. The molecule has 2 amide bonds. The van der Waals surface area contributed by atoms with Crippen molar-refractivity contribution < 1.29 is 28.6 Å². The number of thiophene rings is 1. The summed E-state index contributed by atoms with van der Waals surface area (Å²) in [6, 6.07) is 3.33. The largest absolute Gasteiger partial charge is 0.465 e. The minimum absolute atomic E-state index is 0.0268. The first-order valence-corrected chi connectivity index (χ1v) is 7.38. The Morgan fingerprint density at radius 2 is 1.96 bits per heavy atom. The molecule has 8 nitrogen and oxygen atoms in total. The Balaban J connectivity index is 2.75. The Morgan fingerprint density at radius 1 is 1.26 bits per heavy atom. The molecule has 0 atom stereocenters. The van der Waals surface area contributed by atoms with Crippen molar-refractivity contribution in [2.75, 3.05) is 27.9 Å². The van der Waals surface area contributed by atoms with E-state index in [1.807, 2.05) is 0 Å². The van der Waals surface area contributed by atoms with Crippen molar-refractivity contribution in [2.24, 2.45) is 0 Å². The number of methoxy groups -OCH3 is 3. The summed E-state index contributed by atoms with van der Waals surface area (Å²) in [5, 5.41) is 6.57. The third-order valence-corrected chi connectivity index (χ3v) is 3.57. The van der Waals surface area contributed by atoms with Gasteiger partial charge in [-0.25, -0.2) is 4.79 Å². The van der Waals surface area contributed by atoms with Crippen LogP contribution in [0.5, 0.6) is 0 Å². The van der Waals surface area contributed by atoms with Crippen molar-refractivity contribution in [2.45, 2.75) is 6.29 Å². The summed E-state index contributed by atoms with van der Waals surface area (Å²) in [5.74, 6) is -2.02. The van der Waals surface area contributed by atoms with Gasteiger partial charge in [0.1, 0.15) is 5.57 Å². The summed E-state index contributed by atoms with van der Waals surface area (Å²) < 4.78 is 14.4. The van der Waals surface area contributed by atoms with Crippen LogP contribution in [0.25, 0.3) is 0 Å². The quantitative estimate of drug-likeness (QED) is 0.231. The van der Waals surface area contributed by atoms with Gasteiger partial charge in [0.05, 0.1) is 18.5 Å². The van der Waals surface area contributed by atoms with Crippen molar-refractivity contribution in [3.05, 3.63) is 34.2 Å². The van der Waals surface area contributed by atoms with Crippen LogP contribution in [0.4, 0.5) is 0 Å². The van der Waals surface area contributed by atoms with Gasteiger partial charge in [-0.15, -0.1) is 11.3 Å². The SMILES string of the molecule is COC(=O)/C(=C/NC(=O)c1cccs1)C(=O)NCC(OC)OC. The molecule has 1 heterocycles. The van der Waals surface area contributed by atoms with Gasteiger partial charge in [0, 0.05) is 20.4 Å². The van der Waals surface area contributed by atoms with E-state index in [1.165, 1.54) is 25.6 Å². The van der Waals surface area contributed by atoms with Gasteiger partial charge in [-0.2, -0.15) is 0 Å². The number of ether oxygens (including phenoxy) is 3. The van der Waals surface area contributed by atoms with E-state index in [1.54, 1.807) is 17.5 Å². The van der Waals surface area contributed by atoms with Crippen molar-refractivity contribution in [1.29, 1.82) is 0 Å². The summed E-state index contributed by atoms with van der Waals surface area (Å²) in [6.45, 7) is 0.0268. The molecule has 0 radical (unpaired) electrons. The summed E-state index contributed by atoms with van der Waals surface area (Å²) in [4.78, 5) is 36.0. The van der Waals surface area contributed by atoms with E-state index >= 15 is 0 Å². The second kappa shape index (κ2) is 9.72. The van der Waals surface area contributed by atoms with Gasteiger partial charge in [-0.1, -0.05) is 6.07 Å². The molecule has 0 bridgehead atoms. The highest BCUT2D eigenvalue weighted by Crippen LogP contribution is 2.08. The van der Waals surface area contributed by atoms with Gasteiger partial charge in [0.25, 0.3) is 11.8 Å². The van der Waals surface area contributed by atoms with Crippen LogP contribution >= 0.6 is 11.3 Å². The molecule has 1 aromatic rings. The summed E-state index contributed by atoms with van der Waals surface area (Å²) in [7, 11) is 3.97. The Hall–Kier alpha value is -2.23. The fraction of sp³-hybridized carbons (Fsp3) is 0.357. The topological polar surface area (TPSA) is 103 Å². The molecular weight excluding hydrogens is 324 g/mol. The van der Waals surface area contributed by atoms with E-state index in [0.29, 0.717) is 4.88 Å². The van der Waals surface area contributed by atoms with Crippen LogP contribution in [-0.2, 0) is 23.8 Å². The lowest BCUT2D eigenvalue weighted by molar-refractivity contribution is -0.139. The number of hydrogen-bond acceptors (Lipinski definition) is 7. The Morgan fingerprint density at radius 3 is 2.48 bits per heavy atom. The molecule has 0 fully saturated rings. The smallest absolute Gasteiger partial charge is 0.344 e. The zero-order valence-corrected chi connectivity index (χ0v) is 13.8. The zero-order chi connectivity index (χ0) is 17.2. The fourth-order valence-electron chi connectivity index (χ4n) is 1.48. The van der Waals surface area contributed by atoms with Gasteiger partial charge in [0.15, 0.2) is 6.29 Å². The highest BCUT2D eigenvalue weighted by molar-refractivity contribution is 7.12. The second-order valence-electron chi connectivity index (χ2n) is 4.11. The van der Waals surface area contributed by atoms with Crippen LogP contribution in [0, 0.1) is 0 Å². The maximum atomic E-state index is 12.0. The lowest BCUT2D eigenvalue weighted by atomic mass is 10.2. The van der Waals surface area contributed by atoms with Crippen LogP contribution in [0.15, 0.2) is 29.3 Å². The molecule has 0 aromatic carbocycles. The summed E-state index contributed by atoms with van der Waals surface area (Å²) in [5.41, 5.74) is -0.344. The molecule has 23 heavy (non-hydrogen) atoms. The first-order valence-electron chi connectivity index (χ1n) is 6.50. The second-order valence-corrected chi connectivity index (χ2v) is 5.06. The van der Waals surface area contributed by atoms with E-state index in [2.05, 4.69) is 15.4 Å². The van der Waals surface area contributed by atoms with Crippen LogP contribution < -0.4 is 10.6 Å². The van der Waals surface area contributed by atoms with E-state index in [4.69, 9.17) is 9.47 Å². The van der Waals surface area contributed by atoms with E-state index in [0.717, 1.165) is 13.3 Å². The van der Waals surface area contributed by atoms with Crippen LogP contribution in [-0.4, -0.2) is 51.9 Å². The lowest BCUT2D eigenvalue weighted by Gasteiger charge is -2.14. The molecule has 9 heteroatoms. The normalized spacial score (nSPS) is 11.2. The minimum Gasteiger partial charge on any atom is -0.465 e. The first-order chi connectivity index (χ1) is 11.0. The van der Waals surface area contributed by atoms with Crippen LogP contribution in [0.1, 0.15) is 9.67 Å². The fourth-order valence-corrected chi connectivity index (χ4v) is 2.10. The standard InChI is InChI=1S/C14H18N2O6S/c1-20-11(21-2)8-16-12(17)9(14(19)22-3)7-15-13(18)10-5-4-6-23-10/h4-7,11H,8H2,1-3H3,(H,15,18)(H,16,17)/b9-7+. The molecule has 0 aliphatic carbocycles. The number of rotatable bonds is 8. The third-order valence-electron chi connectivity index (χ3n) is 2.70. The third kappa shape index (κ3) is 5.81. The monoisotopic (exact) mass is 342 g/mol. The van der Waals surface area contributed by atoms with Gasteiger partial charge in [0.2, 0.25) is 0 Å². The molecule has 0 saturated carbocycles. The first kappa shape index (κ1) is 18.8. The van der Waals surface area contributed by atoms with Gasteiger partial charge in [-0.3, -0.25) is 9.59 Å². The highest BCUT2D eigenvalue weighted by atomic mass is 32.1. The molecule has 0 aliphatic heterocycles. The maximum Gasteiger partial charge on any atom is 0.344 e. The van der Waals surface area contributed by atoms with E-state index < -0.39 is 24.1 Å². The molecule has 1 aromatic heterocycles. The Kier molecular flexibility index (Phi) is 7.95. The number of carbonyl (C=O) groups is 3. The van der Waals surface area contributed by atoms with Gasteiger partial charge < -0.3 is 24.8 Å². The van der Waals surface area contributed by atoms with Crippen LogP contribution in [0.2, 0.25) is 0 Å². The number of hydrogen-bond donors (Lipinski definition) is 2. The molecule has 1 rings (SSSR count). The number of amides is 2. The summed E-state index contributed by atoms with van der Waals surface area (Å²) >= 11 is 1.23. The Bertz CT molecular complexity index is 566. The lowest BCUT2D eigenvalue weighted by Crippen LogP contribution is -2.37. The molecule has 0 unspecified atom stereocenters. The number of esters is 1. The predicted octanol–water partition coefficient (Wildman–Crippen LogP) is 0.270. The zero-order valence-electron chi connectivity index (χ0n) is 13.0. The molecule has 0 aliphatic rings. The number of nitrogens with one attached hydrogen (secondary N) is 2. The molecular formula is C14H18N2O6S. The van der Waals surface area contributed by atoms with Crippen molar-refractivity contribution >= 4 is 29.1 Å². The minimum atomic E-state index is -0.875. The molecule has 2 N–H and O–H groups in total. The maximum absolute atomic E-state index is 12.0. The van der Waals surface area contributed by atoms with Crippen molar-refractivity contribution in [3.8, 4) is 0 Å². The van der Waals surface area contributed by atoms with Crippen molar-refractivity contribution in [1.82, 2.24) is 10.6 Å². The summed E-state index contributed by atoms with van der Waals surface area (Å²) in [6.07, 6.45) is 0.358.